The molecular weight excluding hydrogens is 306 g/mol. The molecule has 0 bridgehead atoms. The van der Waals surface area contributed by atoms with Gasteiger partial charge in [0.1, 0.15) is 0 Å². The first-order valence-corrected chi connectivity index (χ1v) is 7.23. The van der Waals surface area contributed by atoms with Gasteiger partial charge in [0, 0.05) is 0 Å². The number of ether oxygens (including phenoxy) is 2. The lowest BCUT2D eigenvalue weighted by atomic mass is 9.99. The highest BCUT2D eigenvalue weighted by Crippen LogP contribution is 2.35. The number of nitrogens with two attached hydrogens (primary N) is 1. The van der Waals surface area contributed by atoms with Crippen molar-refractivity contribution in [1.82, 2.24) is 10.1 Å². The second-order valence-corrected chi connectivity index (χ2v) is 5.74. The van der Waals surface area contributed by atoms with Crippen molar-refractivity contribution in [1.29, 1.82) is 0 Å². The summed E-state index contributed by atoms with van der Waals surface area (Å²) in [5.41, 5.74) is 6.98. The molecule has 2 heterocycles. The van der Waals surface area contributed by atoms with Gasteiger partial charge in [0.05, 0.1) is 12.0 Å². The predicted octanol–water partition coefficient (Wildman–Crippen LogP) is 2.54. The highest BCUT2D eigenvalue weighted by atomic mass is 35.5. The van der Waals surface area contributed by atoms with E-state index in [0.29, 0.717) is 18.1 Å². The molecule has 0 spiro atoms. The van der Waals surface area contributed by atoms with Crippen molar-refractivity contribution in [2.75, 3.05) is 6.79 Å². The van der Waals surface area contributed by atoms with Gasteiger partial charge in [0.2, 0.25) is 12.7 Å². The summed E-state index contributed by atoms with van der Waals surface area (Å²) < 4.78 is 16.0. The number of rotatable bonds is 3. The van der Waals surface area contributed by atoms with Crippen molar-refractivity contribution < 1.29 is 14.0 Å². The molecule has 2 N–H and O–H groups in total. The third-order valence-corrected chi connectivity index (χ3v) is 4.20. The van der Waals surface area contributed by atoms with Gasteiger partial charge >= 0.3 is 0 Å². The van der Waals surface area contributed by atoms with Gasteiger partial charge in [-0.05, 0) is 30.5 Å². The lowest BCUT2D eigenvalue weighted by molar-refractivity contribution is 0.174. The molecular formula is C15H18ClN3O3. The summed E-state index contributed by atoms with van der Waals surface area (Å²) in [4.78, 5) is 4.48. The zero-order valence-electron chi connectivity index (χ0n) is 12.1. The molecule has 1 saturated carbocycles. The summed E-state index contributed by atoms with van der Waals surface area (Å²) in [5.74, 6) is 2.76. The van der Waals surface area contributed by atoms with Crippen LogP contribution in [0, 0.1) is 0 Å². The van der Waals surface area contributed by atoms with Crippen molar-refractivity contribution in [3.63, 3.8) is 0 Å². The van der Waals surface area contributed by atoms with E-state index in [9.17, 15) is 0 Å². The lowest BCUT2D eigenvalue weighted by Crippen LogP contribution is -2.34. The van der Waals surface area contributed by atoms with Crippen LogP contribution in [0.15, 0.2) is 22.7 Å². The van der Waals surface area contributed by atoms with E-state index in [1.807, 2.05) is 18.2 Å². The summed E-state index contributed by atoms with van der Waals surface area (Å²) in [6.45, 7) is 0.277. The van der Waals surface area contributed by atoms with E-state index in [-0.39, 0.29) is 19.2 Å². The molecule has 0 atom stereocenters. The number of nitrogens with zero attached hydrogens (tertiary/aromatic N) is 2. The smallest absolute Gasteiger partial charge is 0.231 e. The van der Waals surface area contributed by atoms with Crippen LogP contribution < -0.4 is 15.2 Å². The molecule has 1 aromatic carbocycles. The highest BCUT2D eigenvalue weighted by Gasteiger charge is 2.35. The molecule has 2 aromatic rings. The van der Waals surface area contributed by atoms with E-state index in [0.717, 1.165) is 42.7 Å². The molecule has 0 saturated heterocycles. The maximum atomic E-state index is 6.34. The van der Waals surface area contributed by atoms with Crippen molar-refractivity contribution in [3.8, 4) is 11.5 Å². The molecule has 1 aromatic heterocycles. The molecule has 6 nitrogen and oxygen atoms in total. The number of hydrogen-bond acceptors (Lipinski definition) is 6. The first-order valence-electron chi connectivity index (χ1n) is 7.23. The molecule has 118 valence electrons. The van der Waals surface area contributed by atoms with Crippen molar-refractivity contribution in [2.24, 2.45) is 5.73 Å². The van der Waals surface area contributed by atoms with Gasteiger partial charge in [-0.25, -0.2) is 0 Å². The van der Waals surface area contributed by atoms with Crippen LogP contribution in [0.4, 0.5) is 0 Å². The van der Waals surface area contributed by atoms with E-state index in [1.165, 1.54) is 0 Å². The number of halogens is 1. The lowest BCUT2D eigenvalue weighted by Gasteiger charge is -2.17. The molecule has 1 aliphatic carbocycles. The molecule has 2 aliphatic rings. The zero-order valence-corrected chi connectivity index (χ0v) is 12.9. The third-order valence-electron chi connectivity index (χ3n) is 4.20. The largest absolute Gasteiger partial charge is 0.454 e. The fraction of sp³-hybridized carbons (Fsp3) is 0.467. The normalized spacial score (nSPS) is 18.2. The van der Waals surface area contributed by atoms with Gasteiger partial charge in [-0.3, -0.25) is 0 Å². The predicted molar refractivity (Wildman–Crippen MR) is 81.3 cm³/mol. The minimum absolute atomic E-state index is 0. The van der Waals surface area contributed by atoms with Crippen LogP contribution in [0.1, 0.15) is 43.0 Å². The average Bonchev–Trinajstić information content (AvgIpc) is 3.18. The van der Waals surface area contributed by atoms with Gasteiger partial charge in [0.25, 0.3) is 0 Å². The maximum Gasteiger partial charge on any atom is 0.231 e. The second-order valence-electron chi connectivity index (χ2n) is 5.74. The van der Waals surface area contributed by atoms with Gasteiger partial charge in [-0.1, -0.05) is 24.1 Å². The zero-order chi connectivity index (χ0) is 14.3. The summed E-state index contributed by atoms with van der Waals surface area (Å²) in [6.07, 6.45) is 4.68. The van der Waals surface area contributed by atoms with E-state index in [4.69, 9.17) is 19.7 Å². The average molecular weight is 324 g/mol. The third kappa shape index (κ3) is 2.64. The number of aromatic nitrogens is 2. The molecule has 0 radical (unpaired) electrons. The quantitative estimate of drug-likeness (QED) is 0.934. The van der Waals surface area contributed by atoms with Crippen molar-refractivity contribution in [3.05, 3.63) is 35.5 Å². The number of benzene rings is 1. The second kappa shape index (κ2) is 5.78. The van der Waals surface area contributed by atoms with E-state index < -0.39 is 5.54 Å². The van der Waals surface area contributed by atoms with Crippen molar-refractivity contribution in [2.45, 2.75) is 37.6 Å². The van der Waals surface area contributed by atoms with E-state index >= 15 is 0 Å². The first-order chi connectivity index (χ1) is 10.2. The fourth-order valence-electron chi connectivity index (χ4n) is 2.98. The van der Waals surface area contributed by atoms with Crippen LogP contribution in [0.3, 0.4) is 0 Å². The Morgan fingerprint density at radius 1 is 1.14 bits per heavy atom. The molecule has 4 rings (SSSR count). The molecule has 0 amide bonds. The summed E-state index contributed by atoms with van der Waals surface area (Å²) in [5, 5.41) is 4.07. The fourth-order valence-corrected chi connectivity index (χ4v) is 2.98. The molecule has 22 heavy (non-hydrogen) atoms. The highest BCUT2D eigenvalue weighted by molar-refractivity contribution is 5.85. The van der Waals surface area contributed by atoms with Crippen LogP contribution in [-0.4, -0.2) is 16.9 Å². The molecule has 1 fully saturated rings. The van der Waals surface area contributed by atoms with Gasteiger partial charge in [-0.15, -0.1) is 12.4 Å². The topological polar surface area (TPSA) is 83.4 Å². The Balaban J connectivity index is 0.00000144. The minimum atomic E-state index is -0.406. The summed E-state index contributed by atoms with van der Waals surface area (Å²) >= 11 is 0. The summed E-state index contributed by atoms with van der Waals surface area (Å²) in [7, 11) is 0. The van der Waals surface area contributed by atoms with Crippen LogP contribution >= 0.6 is 12.4 Å². The van der Waals surface area contributed by atoms with Gasteiger partial charge < -0.3 is 19.7 Å². The Labute approximate surface area is 134 Å². The Kier molecular flexibility index (Phi) is 3.97. The van der Waals surface area contributed by atoms with Crippen LogP contribution in [0.2, 0.25) is 0 Å². The maximum absolute atomic E-state index is 6.34. The monoisotopic (exact) mass is 323 g/mol. The minimum Gasteiger partial charge on any atom is -0.454 e. The van der Waals surface area contributed by atoms with Gasteiger partial charge in [0.15, 0.2) is 17.3 Å². The SMILES string of the molecule is Cl.NC1(c2noc(Cc3ccc4c(c3)OCO4)n2)CCCC1. The van der Waals surface area contributed by atoms with Crippen LogP contribution in [0.25, 0.3) is 0 Å². The Morgan fingerprint density at radius 3 is 2.73 bits per heavy atom. The van der Waals surface area contributed by atoms with E-state index in [2.05, 4.69) is 10.1 Å². The molecule has 0 unspecified atom stereocenters. The molecule has 1 aliphatic heterocycles. The standard InChI is InChI=1S/C15H17N3O3.ClH/c16-15(5-1-2-6-15)14-17-13(21-18-14)8-10-3-4-11-12(7-10)20-9-19-11;/h3-4,7H,1-2,5-6,8-9,16H2;1H. The summed E-state index contributed by atoms with van der Waals surface area (Å²) in [6, 6.07) is 5.82. The number of fused-ring (bicyclic) bond motifs is 1. The van der Waals surface area contributed by atoms with Crippen LogP contribution in [-0.2, 0) is 12.0 Å². The molecule has 7 heteroatoms. The Morgan fingerprint density at radius 2 is 1.91 bits per heavy atom. The van der Waals surface area contributed by atoms with E-state index in [1.54, 1.807) is 0 Å². The Bertz CT molecular complexity index is 668. The van der Waals surface area contributed by atoms with Gasteiger partial charge in [-0.2, -0.15) is 4.98 Å². The van der Waals surface area contributed by atoms with Crippen molar-refractivity contribution >= 4 is 12.4 Å². The van der Waals surface area contributed by atoms with Crippen LogP contribution in [0.5, 0.6) is 11.5 Å². The Hall–Kier alpha value is -1.79. The number of hydrogen-bond donors (Lipinski definition) is 1. The first kappa shape index (κ1) is 15.1.